The van der Waals surface area contributed by atoms with Crippen LogP contribution in [0.3, 0.4) is 0 Å². The number of carbonyl (C=O) groups is 1. The van der Waals surface area contributed by atoms with Crippen LogP contribution in [0.25, 0.3) is 0 Å². The Bertz CT molecular complexity index is 680. The summed E-state index contributed by atoms with van der Waals surface area (Å²) < 4.78 is 46.2. The van der Waals surface area contributed by atoms with Crippen LogP contribution in [-0.2, 0) is 0 Å². The number of hydrogen-bond acceptors (Lipinski definition) is 2. The van der Waals surface area contributed by atoms with E-state index in [9.17, 15) is 4.79 Å². The molecule has 0 radical (unpaired) electrons. The van der Waals surface area contributed by atoms with E-state index in [1.807, 2.05) is 0 Å². The van der Waals surface area contributed by atoms with Gasteiger partial charge in [0.15, 0.2) is 0 Å². The summed E-state index contributed by atoms with van der Waals surface area (Å²) in [5, 5.41) is 0.560. The molecule has 1 aromatic rings. The highest BCUT2D eigenvalue weighted by atomic mass is 35.5. The van der Waals surface area contributed by atoms with Gasteiger partial charge in [0.1, 0.15) is 0 Å². The lowest BCUT2D eigenvalue weighted by Crippen LogP contribution is -2.51. The summed E-state index contributed by atoms with van der Waals surface area (Å²) in [6.45, 7) is -5.59. The van der Waals surface area contributed by atoms with Crippen LogP contribution in [0.15, 0.2) is 18.2 Å². The SMILES string of the molecule is [2H]C([2H])([2H])N(C1CCCCC1N(C)C(=O)c1ccc(Cl)c(Cl)c1)C([2H])([2H])[2H]. The molecule has 1 aliphatic rings. The van der Waals surface area contributed by atoms with Crippen molar-refractivity contribution in [3.8, 4) is 0 Å². The first kappa shape index (κ1) is 10.1. The van der Waals surface area contributed by atoms with Crippen molar-refractivity contribution in [2.45, 2.75) is 37.8 Å². The zero-order valence-electron chi connectivity index (χ0n) is 17.8. The van der Waals surface area contributed by atoms with E-state index in [0.29, 0.717) is 34.7 Å². The second-order valence-electron chi connectivity index (χ2n) is 5.33. The third-order valence-electron chi connectivity index (χ3n) is 4.01. The van der Waals surface area contributed by atoms with Crippen LogP contribution in [0.2, 0.25) is 10.0 Å². The molecule has 2 unspecified atom stereocenters. The molecule has 1 aliphatic carbocycles. The molecule has 116 valence electrons. The molecule has 2 rings (SSSR count). The highest BCUT2D eigenvalue weighted by molar-refractivity contribution is 6.42. The van der Waals surface area contributed by atoms with Crippen LogP contribution in [0.4, 0.5) is 0 Å². The number of hydrogen-bond donors (Lipinski definition) is 0. The number of rotatable bonds is 3. The molecule has 0 N–H and O–H groups in total. The molecule has 5 heteroatoms. The minimum atomic E-state index is -2.79. The van der Waals surface area contributed by atoms with Crippen molar-refractivity contribution in [2.24, 2.45) is 0 Å². The minimum Gasteiger partial charge on any atom is -0.337 e. The average Bonchev–Trinajstić information content (AvgIpc) is 2.54. The van der Waals surface area contributed by atoms with E-state index >= 15 is 0 Å². The Hall–Kier alpha value is -0.770. The van der Waals surface area contributed by atoms with E-state index < -0.39 is 26.0 Å². The third-order valence-corrected chi connectivity index (χ3v) is 4.75. The second-order valence-corrected chi connectivity index (χ2v) is 6.15. The standard InChI is InChI=1S/C16H22Cl2N2O/c1-19(2)14-6-4-5-7-15(14)20(3)16(21)11-8-9-12(17)13(18)10-11/h8-10,14-15H,4-7H2,1-3H3/i1D3,2D3. The van der Waals surface area contributed by atoms with E-state index in [-0.39, 0.29) is 10.9 Å². The maximum absolute atomic E-state index is 12.9. The fourth-order valence-electron chi connectivity index (χ4n) is 2.83. The summed E-state index contributed by atoms with van der Waals surface area (Å²) in [6, 6.07) is 3.17. The van der Waals surface area contributed by atoms with Gasteiger partial charge in [-0.2, -0.15) is 0 Å². The molecule has 0 aliphatic heterocycles. The zero-order valence-corrected chi connectivity index (χ0v) is 13.3. The molecule has 0 aromatic heterocycles. The lowest BCUT2D eigenvalue weighted by Gasteiger charge is -2.41. The molecule has 0 saturated heterocycles. The van der Waals surface area contributed by atoms with E-state index in [4.69, 9.17) is 31.4 Å². The van der Waals surface area contributed by atoms with Crippen molar-refractivity contribution < 1.29 is 13.0 Å². The van der Waals surface area contributed by atoms with E-state index in [0.717, 1.165) is 6.42 Å². The molecule has 0 heterocycles. The summed E-state index contributed by atoms with van der Waals surface area (Å²) in [6.07, 6.45) is 2.41. The summed E-state index contributed by atoms with van der Waals surface area (Å²) in [5.74, 6) is -0.360. The van der Waals surface area contributed by atoms with Crippen molar-refractivity contribution in [3.63, 3.8) is 0 Å². The average molecular weight is 335 g/mol. The molecule has 1 fully saturated rings. The normalized spacial score (nSPS) is 27.8. The predicted molar refractivity (Wildman–Crippen MR) is 88.3 cm³/mol. The molecule has 21 heavy (non-hydrogen) atoms. The lowest BCUT2D eigenvalue weighted by atomic mass is 9.88. The van der Waals surface area contributed by atoms with Gasteiger partial charge in [0, 0.05) is 32.9 Å². The quantitative estimate of drug-likeness (QED) is 0.835. The Morgan fingerprint density at radius 1 is 1.19 bits per heavy atom. The largest absolute Gasteiger partial charge is 0.337 e. The van der Waals surface area contributed by atoms with Crippen LogP contribution in [-0.4, -0.2) is 48.8 Å². The Balaban J connectivity index is 2.35. The number of benzene rings is 1. The summed E-state index contributed by atoms with van der Waals surface area (Å²) in [5.41, 5.74) is 0.311. The Kier molecular flexibility index (Phi) is 3.36. The van der Waals surface area contributed by atoms with Gasteiger partial charge >= 0.3 is 0 Å². The topological polar surface area (TPSA) is 23.6 Å². The summed E-state index contributed by atoms with van der Waals surface area (Å²) in [4.78, 5) is 14.9. The van der Waals surface area contributed by atoms with Gasteiger partial charge in [-0.15, -0.1) is 0 Å². The Morgan fingerprint density at radius 3 is 2.48 bits per heavy atom. The van der Waals surface area contributed by atoms with Crippen molar-refractivity contribution >= 4 is 29.1 Å². The van der Waals surface area contributed by atoms with Gasteiger partial charge in [-0.1, -0.05) is 36.0 Å². The maximum atomic E-state index is 12.9. The monoisotopic (exact) mass is 334 g/mol. The molecule has 3 nitrogen and oxygen atoms in total. The molecule has 0 bridgehead atoms. The van der Waals surface area contributed by atoms with Gasteiger partial charge in [0.2, 0.25) is 0 Å². The first-order chi connectivity index (χ1) is 12.3. The summed E-state index contributed by atoms with van der Waals surface area (Å²) >= 11 is 11.9. The first-order valence-electron chi connectivity index (χ1n) is 9.85. The van der Waals surface area contributed by atoms with Crippen LogP contribution in [0.5, 0.6) is 0 Å². The fourth-order valence-corrected chi connectivity index (χ4v) is 3.13. The Morgan fingerprint density at radius 2 is 1.86 bits per heavy atom. The number of halogens is 2. The van der Waals surface area contributed by atoms with Crippen LogP contribution < -0.4 is 0 Å². The number of carbonyl (C=O) groups excluding carboxylic acids is 1. The molecule has 2 atom stereocenters. The lowest BCUT2D eigenvalue weighted by molar-refractivity contribution is 0.0544. The van der Waals surface area contributed by atoms with E-state index in [2.05, 4.69) is 0 Å². The molecule has 1 amide bonds. The van der Waals surface area contributed by atoms with Crippen molar-refractivity contribution in [1.82, 2.24) is 9.80 Å². The van der Waals surface area contributed by atoms with Crippen molar-refractivity contribution in [2.75, 3.05) is 21.0 Å². The van der Waals surface area contributed by atoms with Gasteiger partial charge in [-0.05, 0) is 45.0 Å². The first-order valence-corrected chi connectivity index (χ1v) is 7.61. The number of nitrogens with zero attached hydrogens (tertiary/aromatic N) is 2. The second kappa shape index (κ2) is 6.99. The van der Waals surface area contributed by atoms with Crippen molar-refractivity contribution in [3.05, 3.63) is 33.8 Å². The predicted octanol–water partition coefficient (Wildman–Crippen LogP) is 3.94. The molecule has 0 spiro atoms. The number of amides is 1. The minimum absolute atomic E-state index is 0.239. The fraction of sp³-hybridized carbons (Fsp3) is 0.562. The third kappa shape index (κ3) is 3.71. The van der Waals surface area contributed by atoms with Crippen molar-refractivity contribution in [1.29, 1.82) is 0 Å². The maximum Gasteiger partial charge on any atom is 0.253 e. The van der Waals surface area contributed by atoms with Gasteiger partial charge in [0.25, 0.3) is 5.91 Å². The Labute approximate surface area is 145 Å². The van der Waals surface area contributed by atoms with E-state index in [1.54, 1.807) is 7.05 Å². The number of likely N-dealkylation sites (N-methyl/N-ethyl adjacent to an activating group) is 2. The molecular formula is C16H22Cl2N2O. The van der Waals surface area contributed by atoms with Gasteiger partial charge in [-0.3, -0.25) is 4.79 Å². The summed E-state index contributed by atoms with van der Waals surface area (Å²) in [7, 11) is 1.56. The highest BCUT2D eigenvalue weighted by Crippen LogP contribution is 2.28. The van der Waals surface area contributed by atoms with E-state index in [1.165, 1.54) is 23.1 Å². The molecular weight excluding hydrogens is 307 g/mol. The smallest absolute Gasteiger partial charge is 0.253 e. The van der Waals surface area contributed by atoms with Crippen LogP contribution in [0.1, 0.15) is 44.3 Å². The highest BCUT2D eigenvalue weighted by Gasteiger charge is 2.32. The van der Waals surface area contributed by atoms with Crippen LogP contribution in [0, 0.1) is 0 Å². The van der Waals surface area contributed by atoms with Gasteiger partial charge in [0.05, 0.1) is 10.0 Å². The zero-order chi connectivity index (χ0) is 20.6. The van der Waals surface area contributed by atoms with Gasteiger partial charge in [-0.25, -0.2) is 0 Å². The van der Waals surface area contributed by atoms with Crippen LogP contribution >= 0.6 is 23.2 Å². The molecule has 1 aromatic carbocycles. The molecule has 1 saturated carbocycles. The van der Waals surface area contributed by atoms with Gasteiger partial charge < -0.3 is 9.80 Å².